The fraction of sp³-hybridized carbons (Fsp3) is 0.368. The summed E-state index contributed by atoms with van der Waals surface area (Å²) in [6, 6.07) is 3.18. The van der Waals surface area contributed by atoms with Crippen LogP contribution in [0.15, 0.2) is 18.2 Å². The van der Waals surface area contributed by atoms with Gasteiger partial charge in [0.15, 0.2) is 11.5 Å². The van der Waals surface area contributed by atoms with Crippen molar-refractivity contribution in [2.75, 3.05) is 11.5 Å². The minimum Gasteiger partial charge on any atom is -0.423 e. The molecule has 148 valence electrons. The molecule has 0 radical (unpaired) electrons. The van der Waals surface area contributed by atoms with Gasteiger partial charge < -0.3 is 20.1 Å². The molecule has 1 heterocycles. The second-order valence-corrected chi connectivity index (χ2v) is 7.04. The first-order chi connectivity index (χ1) is 13.3. The molecule has 2 rings (SSSR count). The first kappa shape index (κ1) is 21.3. The molecule has 0 unspecified atom stereocenters. The Balaban J connectivity index is 2.09. The number of ether oxygens (including phenoxy) is 2. The van der Waals surface area contributed by atoms with Crippen molar-refractivity contribution in [3.63, 3.8) is 0 Å². The molecular weight excluding hydrogens is 384 g/mol. The maximum absolute atomic E-state index is 12.3. The van der Waals surface area contributed by atoms with Gasteiger partial charge in [-0.25, -0.2) is 0 Å². The third-order valence-electron chi connectivity index (χ3n) is 3.69. The van der Waals surface area contributed by atoms with Crippen molar-refractivity contribution in [1.82, 2.24) is 10.6 Å². The Kier molecular flexibility index (Phi) is 7.46. The quantitative estimate of drug-likeness (QED) is 0.293. The first-order valence-electron chi connectivity index (χ1n) is 8.42. The summed E-state index contributed by atoms with van der Waals surface area (Å²) in [4.78, 5) is 47.0. The minimum atomic E-state index is -0.772. The lowest BCUT2D eigenvalue weighted by Crippen LogP contribution is -2.63. The molecule has 1 aliphatic heterocycles. The monoisotopic (exact) mass is 404 g/mol. The summed E-state index contributed by atoms with van der Waals surface area (Å²) in [7, 11) is 0. The van der Waals surface area contributed by atoms with Gasteiger partial charge in [-0.1, -0.05) is 12.0 Å². The van der Waals surface area contributed by atoms with Crippen molar-refractivity contribution in [1.29, 1.82) is 0 Å². The van der Waals surface area contributed by atoms with Gasteiger partial charge in [0, 0.05) is 26.0 Å². The van der Waals surface area contributed by atoms with Crippen LogP contribution in [0.25, 0.3) is 0 Å². The van der Waals surface area contributed by atoms with E-state index in [0.717, 1.165) is 0 Å². The van der Waals surface area contributed by atoms with Crippen molar-refractivity contribution in [2.24, 2.45) is 0 Å². The summed E-state index contributed by atoms with van der Waals surface area (Å²) in [5, 5.41) is 5.37. The van der Waals surface area contributed by atoms with Gasteiger partial charge in [-0.2, -0.15) is 0 Å². The van der Waals surface area contributed by atoms with Crippen molar-refractivity contribution < 1.29 is 28.7 Å². The summed E-state index contributed by atoms with van der Waals surface area (Å²) < 4.78 is 10.1. The van der Waals surface area contributed by atoms with Crippen LogP contribution in [-0.2, 0) is 25.6 Å². The number of carbonyl (C=O) groups excluding carboxylic acids is 4. The average Bonchev–Trinajstić information content (AvgIpc) is 2.60. The normalized spacial score (nSPS) is 18.5. The molecule has 0 aromatic heterocycles. The van der Waals surface area contributed by atoms with Crippen LogP contribution in [0.2, 0.25) is 0 Å². The smallest absolute Gasteiger partial charge is 0.308 e. The second kappa shape index (κ2) is 9.80. The maximum atomic E-state index is 12.3. The van der Waals surface area contributed by atoms with E-state index in [1.165, 1.54) is 37.7 Å². The van der Waals surface area contributed by atoms with Gasteiger partial charge in [0.1, 0.15) is 12.1 Å². The Labute approximate surface area is 166 Å². The summed E-state index contributed by atoms with van der Waals surface area (Å²) >= 11 is 1.38. The number of carbonyl (C=O) groups is 4. The number of nitrogens with one attached hydrogen (secondary N) is 2. The molecule has 1 saturated heterocycles. The third kappa shape index (κ3) is 6.03. The number of hydrogen-bond donors (Lipinski definition) is 2. The van der Waals surface area contributed by atoms with Gasteiger partial charge in [0.2, 0.25) is 11.8 Å². The highest BCUT2D eigenvalue weighted by Gasteiger charge is 2.33. The van der Waals surface area contributed by atoms with Crippen LogP contribution in [-0.4, -0.2) is 47.3 Å². The molecule has 1 aromatic carbocycles. The van der Waals surface area contributed by atoms with Gasteiger partial charge in [-0.3, -0.25) is 19.2 Å². The van der Waals surface area contributed by atoms with Gasteiger partial charge in [0.25, 0.3) is 0 Å². The Morgan fingerprint density at radius 2 is 1.68 bits per heavy atom. The first-order valence-corrected chi connectivity index (χ1v) is 9.57. The Bertz CT molecular complexity index is 832. The number of terminal acetylenes is 1. The van der Waals surface area contributed by atoms with Gasteiger partial charge in [0.05, 0.1) is 5.75 Å². The summed E-state index contributed by atoms with van der Waals surface area (Å²) in [5.41, 5.74) is 0.618. The Hall–Kier alpha value is -2.99. The maximum Gasteiger partial charge on any atom is 0.308 e. The largest absolute Gasteiger partial charge is 0.423 e. The van der Waals surface area contributed by atoms with Crippen LogP contribution in [0.1, 0.15) is 19.4 Å². The standard InChI is InChI=1S/C19H20N2O6S/c1-4-7-28-10-15-19(25)20-14(18(24)21-15)8-13-5-6-16(26-11(2)22)17(9-13)27-12(3)23/h1,5-6,9,14-15H,7-8,10H2,2-3H3,(H,20,25)(H,21,24)/t14-,15+/m0/s1. The van der Waals surface area contributed by atoms with E-state index in [1.54, 1.807) is 6.07 Å². The number of thioether (sulfide) groups is 1. The lowest BCUT2D eigenvalue weighted by atomic mass is 10.0. The molecule has 1 fully saturated rings. The number of amides is 2. The zero-order valence-corrected chi connectivity index (χ0v) is 16.3. The SMILES string of the molecule is C#CCSC[C@H]1NC(=O)[C@H](Cc2ccc(OC(C)=O)c(OC(C)=O)c2)NC1=O. The fourth-order valence-corrected chi connectivity index (χ4v) is 3.27. The number of esters is 2. The number of rotatable bonds is 7. The van der Waals surface area contributed by atoms with Crippen LogP contribution in [0.4, 0.5) is 0 Å². The highest BCUT2D eigenvalue weighted by Crippen LogP contribution is 2.29. The molecule has 8 nitrogen and oxygen atoms in total. The Morgan fingerprint density at radius 3 is 2.32 bits per heavy atom. The molecule has 1 aromatic rings. The van der Waals surface area contributed by atoms with Crippen molar-refractivity contribution >= 4 is 35.5 Å². The predicted molar refractivity (Wildman–Crippen MR) is 103 cm³/mol. The van der Waals surface area contributed by atoms with E-state index in [2.05, 4.69) is 16.6 Å². The van der Waals surface area contributed by atoms with E-state index in [0.29, 0.717) is 17.1 Å². The zero-order chi connectivity index (χ0) is 20.7. The van der Waals surface area contributed by atoms with E-state index in [9.17, 15) is 19.2 Å². The van der Waals surface area contributed by atoms with Crippen LogP contribution in [0, 0.1) is 12.3 Å². The average molecular weight is 404 g/mol. The number of piperazine rings is 1. The van der Waals surface area contributed by atoms with Crippen LogP contribution in [0.3, 0.4) is 0 Å². The minimum absolute atomic E-state index is 0.0614. The summed E-state index contributed by atoms with van der Waals surface area (Å²) in [5.74, 6) is 1.72. The topological polar surface area (TPSA) is 111 Å². The van der Waals surface area contributed by atoms with Crippen molar-refractivity contribution in [2.45, 2.75) is 32.4 Å². The van der Waals surface area contributed by atoms with Crippen LogP contribution in [0.5, 0.6) is 11.5 Å². The zero-order valence-electron chi connectivity index (χ0n) is 15.4. The lowest BCUT2D eigenvalue weighted by molar-refractivity contribution is -0.136. The van der Waals surface area contributed by atoms with Crippen molar-refractivity contribution in [3.8, 4) is 23.8 Å². The highest BCUT2D eigenvalue weighted by molar-refractivity contribution is 7.99. The van der Waals surface area contributed by atoms with Crippen molar-refractivity contribution in [3.05, 3.63) is 23.8 Å². The number of hydrogen-bond acceptors (Lipinski definition) is 7. The fourth-order valence-electron chi connectivity index (χ4n) is 2.56. The van der Waals surface area contributed by atoms with E-state index in [1.807, 2.05) is 0 Å². The Morgan fingerprint density at radius 1 is 1.07 bits per heavy atom. The summed E-state index contributed by atoms with van der Waals surface area (Å²) in [6.45, 7) is 2.45. The molecule has 9 heteroatoms. The van der Waals surface area contributed by atoms with E-state index in [-0.39, 0.29) is 29.7 Å². The number of benzene rings is 1. The second-order valence-electron chi connectivity index (χ2n) is 6.01. The molecule has 2 N–H and O–H groups in total. The molecule has 2 atom stereocenters. The molecule has 28 heavy (non-hydrogen) atoms. The molecule has 0 spiro atoms. The summed E-state index contributed by atoms with van der Waals surface area (Å²) in [6.07, 6.45) is 5.35. The van der Waals surface area contributed by atoms with E-state index in [4.69, 9.17) is 15.9 Å². The molecule has 0 aliphatic carbocycles. The van der Waals surface area contributed by atoms with Gasteiger partial charge in [-0.15, -0.1) is 18.2 Å². The van der Waals surface area contributed by atoms with Crippen LogP contribution < -0.4 is 20.1 Å². The molecule has 0 saturated carbocycles. The van der Waals surface area contributed by atoms with Crippen LogP contribution >= 0.6 is 11.8 Å². The van der Waals surface area contributed by atoms with Gasteiger partial charge >= 0.3 is 11.9 Å². The molecule has 2 amide bonds. The van der Waals surface area contributed by atoms with E-state index < -0.39 is 24.0 Å². The molecular formula is C19H20N2O6S. The molecule has 1 aliphatic rings. The molecule has 0 bridgehead atoms. The third-order valence-corrected chi connectivity index (χ3v) is 4.63. The van der Waals surface area contributed by atoms with Gasteiger partial charge in [-0.05, 0) is 17.7 Å². The predicted octanol–water partition coefficient (Wildman–Crippen LogP) is 0.429. The lowest BCUT2D eigenvalue weighted by Gasteiger charge is -2.29. The van der Waals surface area contributed by atoms with E-state index >= 15 is 0 Å². The highest BCUT2D eigenvalue weighted by atomic mass is 32.2.